The van der Waals surface area contributed by atoms with E-state index >= 15 is 0 Å². The molecule has 12 heteroatoms. The normalized spacial score (nSPS) is 11.0. The molecule has 158 valence electrons. The van der Waals surface area contributed by atoms with Crippen LogP contribution in [0.25, 0.3) is 22.9 Å². The molecule has 0 saturated carbocycles. The van der Waals surface area contributed by atoms with Crippen LogP contribution in [0.1, 0.15) is 23.8 Å². The molecule has 10 nitrogen and oxygen atoms in total. The summed E-state index contributed by atoms with van der Waals surface area (Å²) in [4.78, 5) is 15.4. The van der Waals surface area contributed by atoms with Crippen molar-refractivity contribution in [3.05, 3.63) is 59.9 Å². The lowest BCUT2D eigenvalue weighted by Gasteiger charge is -2.03. The molecule has 1 aromatic carbocycles. The molecule has 4 rings (SSSR count). The van der Waals surface area contributed by atoms with E-state index in [1.807, 2.05) is 0 Å². The highest BCUT2D eigenvalue weighted by atomic mass is 19.3. The fraction of sp³-hybridized carbons (Fsp3) is 0.158. The van der Waals surface area contributed by atoms with E-state index in [4.69, 9.17) is 8.83 Å². The summed E-state index contributed by atoms with van der Waals surface area (Å²) in [5.74, 6) is 0.349. The van der Waals surface area contributed by atoms with Gasteiger partial charge < -0.3 is 14.2 Å². The molecule has 31 heavy (non-hydrogen) atoms. The molecular formula is C19H15F2N7O3. The van der Waals surface area contributed by atoms with Crippen molar-refractivity contribution in [3.8, 4) is 22.9 Å². The van der Waals surface area contributed by atoms with Crippen LogP contribution in [0.15, 0.2) is 51.4 Å². The third kappa shape index (κ3) is 4.69. The molecule has 2 N–H and O–H groups in total. The molecule has 4 aromatic rings. The number of urea groups is 1. The molecule has 0 radical (unpaired) electrons. The monoisotopic (exact) mass is 427 g/mol. The summed E-state index contributed by atoms with van der Waals surface area (Å²) >= 11 is 0. The summed E-state index contributed by atoms with van der Waals surface area (Å²) in [5, 5.41) is 19.9. The van der Waals surface area contributed by atoms with E-state index in [1.54, 1.807) is 36.4 Å². The van der Waals surface area contributed by atoms with Gasteiger partial charge in [-0.1, -0.05) is 12.1 Å². The second kappa shape index (κ2) is 8.65. The third-order valence-electron chi connectivity index (χ3n) is 4.13. The molecule has 0 bridgehead atoms. The summed E-state index contributed by atoms with van der Waals surface area (Å²) < 4.78 is 35.7. The predicted octanol–water partition coefficient (Wildman–Crippen LogP) is 3.46. The zero-order valence-electron chi connectivity index (χ0n) is 16.0. The van der Waals surface area contributed by atoms with E-state index < -0.39 is 12.3 Å². The summed E-state index contributed by atoms with van der Waals surface area (Å²) in [6.45, 7) is 0. The first-order chi connectivity index (χ1) is 15.0. The molecule has 2 amide bonds. The average molecular weight is 427 g/mol. The van der Waals surface area contributed by atoms with Crippen molar-refractivity contribution in [1.82, 2.24) is 30.7 Å². The Kier molecular flexibility index (Phi) is 5.60. The maximum Gasteiger partial charge on any atom is 0.320 e. The standard InChI is InChI=1S/C19H15F2N7O3/c1-22-19(29)24-13-7-6-12(9-23-13)17-26-25-14(30-17)8-10-2-4-11(5-3-10)16-27-28-18(31-16)15(20)21/h2-7,9,15H,8H2,1H3,(H2,22,23,24,29). The maximum absolute atomic E-state index is 12.6. The number of carbonyl (C=O) groups excluding carboxylic acids is 1. The van der Waals surface area contributed by atoms with Crippen molar-refractivity contribution in [2.75, 3.05) is 12.4 Å². The van der Waals surface area contributed by atoms with Crippen LogP contribution in [0.2, 0.25) is 0 Å². The zero-order chi connectivity index (χ0) is 21.8. The first-order valence-electron chi connectivity index (χ1n) is 9.00. The number of nitrogens with zero attached hydrogens (tertiary/aromatic N) is 5. The first kappa shape index (κ1) is 20.1. The number of anilines is 1. The summed E-state index contributed by atoms with van der Waals surface area (Å²) in [6, 6.07) is 9.83. The minimum Gasteiger partial charge on any atom is -0.420 e. The number of hydrogen-bond acceptors (Lipinski definition) is 8. The number of halogens is 2. The minimum absolute atomic E-state index is 0.0174. The lowest BCUT2D eigenvalue weighted by Crippen LogP contribution is -2.24. The maximum atomic E-state index is 12.6. The van der Waals surface area contributed by atoms with Gasteiger partial charge in [-0.2, -0.15) is 8.78 Å². The zero-order valence-corrected chi connectivity index (χ0v) is 16.0. The van der Waals surface area contributed by atoms with Crippen LogP contribution in [0.4, 0.5) is 19.4 Å². The van der Waals surface area contributed by atoms with Crippen LogP contribution < -0.4 is 10.6 Å². The molecule has 0 aliphatic rings. The van der Waals surface area contributed by atoms with Gasteiger partial charge in [0.25, 0.3) is 5.89 Å². The van der Waals surface area contributed by atoms with Crippen molar-refractivity contribution in [3.63, 3.8) is 0 Å². The molecule has 0 unspecified atom stereocenters. The average Bonchev–Trinajstić information content (AvgIpc) is 3.45. The van der Waals surface area contributed by atoms with Crippen molar-refractivity contribution in [1.29, 1.82) is 0 Å². The van der Waals surface area contributed by atoms with Gasteiger partial charge >= 0.3 is 12.5 Å². The number of amides is 2. The van der Waals surface area contributed by atoms with E-state index in [1.165, 1.54) is 13.2 Å². The van der Waals surface area contributed by atoms with Gasteiger partial charge in [0.2, 0.25) is 17.7 Å². The van der Waals surface area contributed by atoms with Crippen molar-refractivity contribution < 1.29 is 22.4 Å². The van der Waals surface area contributed by atoms with Gasteiger partial charge in [-0.05, 0) is 29.8 Å². The SMILES string of the molecule is CNC(=O)Nc1ccc(-c2nnc(Cc3ccc(-c4nnc(C(F)F)o4)cc3)o2)cn1. The number of alkyl halides is 2. The van der Waals surface area contributed by atoms with Gasteiger partial charge in [0.05, 0.1) is 12.0 Å². The van der Waals surface area contributed by atoms with E-state index in [0.717, 1.165) is 5.56 Å². The molecule has 3 aromatic heterocycles. The second-order valence-corrected chi connectivity index (χ2v) is 6.26. The van der Waals surface area contributed by atoms with E-state index in [-0.39, 0.29) is 17.8 Å². The fourth-order valence-corrected chi connectivity index (χ4v) is 2.59. The second-order valence-electron chi connectivity index (χ2n) is 6.26. The van der Waals surface area contributed by atoms with Crippen LogP contribution in [0, 0.1) is 0 Å². The number of hydrogen-bond donors (Lipinski definition) is 2. The molecule has 0 aliphatic carbocycles. The van der Waals surface area contributed by atoms with Gasteiger partial charge in [0, 0.05) is 18.8 Å². The number of pyridine rings is 1. The third-order valence-corrected chi connectivity index (χ3v) is 4.13. The Morgan fingerprint density at radius 2 is 1.68 bits per heavy atom. The molecule has 0 atom stereocenters. The smallest absolute Gasteiger partial charge is 0.320 e. The Bertz CT molecular complexity index is 1170. The quantitative estimate of drug-likeness (QED) is 0.478. The Morgan fingerprint density at radius 3 is 2.32 bits per heavy atom. The highest BCUT2D eigenvalue weighted by molar-refractivity contribution is 5.88. The fourth-order valence-electron chi connectivity index (χ4n) is 2.59. The number of carbonyl (C=O) groups is 1. The van der Waals surface area contributed by atoms with Crippen LogP contribution in [-0.2, 0) is 6.42 Å². The first-order valence-corrected chi connectivity index (χ1v) is 9.00. The Labute approximate surface area is 173 Å². The molecule has 0 saturated heterocycles. The van der Waals surface area contributed by atoms with Crippen LogP contribution >= 0.6 is 0 Å². The Hall–Kier alpha value is -4.22. The van der Waals surface area contributed by atoms with Crippen LogP contribution in [0.5, 0.6) is 0 Å². The summed E-state index contributed by atoms with van der Waals surface area (Å²) in [6.07, 6.45) is -0.941. The number of aromatic nitrogens is 5. The number of nitrogens with one attached hydrogen (secondary N) is 2. The largest absolute Gasteiger partial charge is 0.420 e. The van der Waals surface area contributed by atoms with Crippen LogP contribution in [-0.4, -0.2) is 38.5 Å². The molecule has 0 fully saturated rings. The van der Waals surface area contributed by atoms with Crippen LogP contribution in [0.3, 0.4) is 0 Å². The van der Waals surface area contributed by atoms with Gasteiger partial charge in [0.15, 0.2) is 0 Å². The van der Waals surface area contributed by atoms with Gasteiger partial charge in [-0.15, -0.1) is 20.4 Å². The van der Waals surface area contributed by atoms with Gasteiger partial charge in [0.1, 0.15) is 5.82 Å². The Morgan fingerprint density at radius 1 is 0.968 bits per heavy atom. The van der Waals surface area contributed by atoms with Crippen molar-refractivity contribution in [2.45, 2.75) is 12.8 Å². The van der Waals surface area contributed by atoms with Gasteiger partial charge in [-0.3, -0.25) is 5.32 Å². The van der Waals surface area contributed by atoms with Crippen molar-refractivity contribution in [2.24, 2.45) is 0 Å². The highest BCUT2D eigenvalue weighted by Gasteiger charge is 2.17. The van der Waals surface area contributed by atoms with Crippen molar-refractivity contribution >= 4 is 11.8 Å². The molecular weight excluding hydrogens is 412 g/mol. The topological polar surface area (TPSA) is 132 Å². The van der Waals surface area contributed by atoms with Gasteiger partial charge in [-0.25, -0.2) is 9.78 Å². The highest BCUT2D eigenvalue weighted by Crippen LogP contribution is 2.24. The molecule has 3 heterocycles. The number of rotatable bonds is 6. The summed E-state index contributed by atoms with van der Waals surface area (Å²) in [7, 11) is 1.51. The number of benzene rings is 1. The molecule has 0 spiro atoms. The summed E-state index contributed by atoms with van der Waals surface area (Å²) in [5.41, 5.74) is 1.98. The lowest BCUT2D eigenvalue weighted by molar-refractivity contribution is 0.116. The minimum atomic E-state index is -2.81. The predicted molar refractivity (Wildman–Crippen MR) is 103 cm³/mol. The molecule has 0 aliphatic heterocycles. The van der Waals surface area contributed by atoms with E-state index in [0.29, 0.717) is 29.3 Å². The van der Waals surface area contributed by atoms with E-state index in [9.17, 15) is 13.6 Å². The Balaban J connectivity index is 1.42. The van der Waals surface area contributed by atoms with E-state index in [2.05, 4.69) is 36.0 Å². The lowest BCUT2D eigenvalue weighted by atomic mass is 10.1.